The Morgan fingerprint density at radius 2 is 2.05 bits per heavy atom. The van der Waals surface area contributed by atoms with E-state index in [1.54, 1.807) is 6.07 Å². The zero-order valence-electron chi connectivity index (χ0n) is 11.4. The van der Waals surface area contributed by atoms with Crippen molar-refractivity contribution in [3.05, 3.63) is 42.1 Å². The predicted octanol–water partition coefficient (Wildman–Crippen LogP) is 2.10. The number of carbonyl (C=O) groups is 1. The molecule has 1 amide bonds. The molecular formula is C14H18ClN3O2. The molecule has 0 radical (unpaired) electrons. The van der Waals surface area contributed by atoms with Crippen LogP contribution in [0.1, 0.15) is 17.4 Å². The van der Waals surface area contributed by atoms with E-state index in [2.05, 4.69) is 15.8 Å². The van der Waals surface area contributed by atoms with Crippen LogP contribution < -0.4 is 10.6 Å². The van der Waals surface area contributed by atoms with Crippen LogP contribution in [0, 0.1) is 0 Å². The van der Waals surface area contributed by atoms with Gasteiger partial charge in [0.05, 0.1) is 0 Å². The van der Waals surface area contributed by atoms with Crippen molar-refractivity contribution >= 4 is 18.3 Å². The molecule has 0 aliphatic carbocycles. The zero-order valence-corrected chi connectivity index (χ0v) is 12.2. The summed E-state index contributed by atoms with van der Waals surface area (Å²) in [6.07, 6.45) is 0. The monoisotopic (exact) mass is 295 g/mol. The summed E-state index contributed by atoms with van der Waals surface area (Å²) in [5.41, 5.74) is 1.19. The fourth-order valence-corrected chi connectivity index (χ4v) is 1.56. The minimum atomic E-state index is -0.229. The maximum absolute atomic E-state index is 11.8. The third kappa shape index (κ3) is 4.08. The molecule has 0 aliphatic rings. The maximum Gasteiger partial charge on any atom is 0.273 e. The Hall–Kier alpha value is -1.85. The van der Waals surface area contributed by atoms with E-state index in [0.29, 0.717) is 18.0 Å². The molecule has 0 fully saturated rings. The van der Waals surface area contributed by atoms with Crippen molar-refractivity contribution in [2.45, 2.75) is 13.0 Å². The Balaban J connectivity index is 0.00000200. The number of nitrogens with one attached hydrogen (secondary N) is 2. The zero-order chi connectivity index (χ0) is 13.7. The number of hydrogen-bond acceptors (Lipinski definition) is 4. The first-order valence-corrected chi connectivity index (χ1v) is 6.18. The van der Waals surface area contributed by atoms with Crippen molar-refractivity contribution in [1.82, 2.24) is 15.8 Å². The molecule has 1 unspecified atom stereocenters. The van der Waals surface area contributed by atoms with E-state index in [0.717, 1.165) is 5.56 Å². The van der Waals surface area contributed by atoms with Crippen LogP contribution in [0.5, 0.6) is 0 Å². The number of likely N-dealkylation sites (N-methyl/N-ethyl adjacent to an activating group) is 1. The van der Waals surface area contributed by atoms with Gasteiger partial charge in [-0.25, -0.2) is 0 Å². The smallest absolute Gasteiger partial charge is 0.273 e. The van der Waals surface area contributed by atoms with E-state index in [1.807, 2.05) is 44.3 Å². The van der Waals surface area contributed by atoms with Gasteiger partial charge in [0.25, 0.3) is 5.91 Å². The fraction of sp³-hybridized carbons (Fsp3) is 0.286. The third-order valence-electron chi connectivity index (χ3n) is 2.86. The second kappa shape index (κ2) is 7.67. The van der Waals surface area contributed by atoms with Gasteiger partial charge in [-0.1, -0.05) is 35.5 Å². The quantitative estimate of drug-likeness (QED) is 0.886. The van der Waals surface area contributed by atoms with Gasteiger partial charge in [-0.3, -0.25) is 4.79 Å². The van der Waals surface area contributed by atoms with Crippen molar-refractivity contribution in [1.29, 1.82) is 0 Å². The van der Waals surface area contributed by atoms with Crippen LogP contribution in [0.2, 0.25) is 0 Å². The van der Waals surface area contributed by atoms with Crippen LogP contribution in [0.4, 0.5) is 0 Å². The van der Waals surface area contributed by atoms with Crippen LogP contribution in [-0.2, 0) is 0 Å². The summed E-state index contributed by atoms with van der Waals surface area (Å²) in [5.74, 6) is 0.362. The van der Waals surface area contributed by atoms with Crippen LogP contribution in [0.15, 0.2) is 40.9 Å². The molecule has 1 heterocycles. The average Bonchev–Trinajstić information content (AvgIpc) is 2.95. The molecule has 2 N–H and O–H groups in total. The van der Waals surface area contributed by atoms with Gasteiger partial charge in [0.15, 0.2) is 11.5 Å². The van der Waals surface area contributed by atoms with Gasteiger partial charge in [-0.15, -0.1) is 12.4 Å². The highest BCUT2D eigenvalue weighted by molar-refractivity contribution is 5.93. The molecule has 0 bridgehead atoms. The van der Waals surface area contributed by atoms with Gasteiger partial charge in [0, 0.05) is 24.2 Å². The maximum atomic E-state index is 11.8. The number of benzene rings is 1. The van der Waals surface area contributed by atoms with Crippen molar-refractivity contribution in [2.75, 3.05) is 13.6 Å². The van der Waals surface area contributed by atoms with Gasteiger partial charge in [-0.05, 0) is 14.0 Å². The molecule has 0 saturated carbocycles. The number of carbonyl (C=O) groups excluding carboxylic acids is 1. The lowest BCUT2D eigenvalue weighted by Gasteiger charge is -2.09. The number of rotatable bonds is 5. The molecule has 0 spiro atoms. The Morgan fingerprint density at radius 1 is 1.35 bits per heavy atom. The van der Waals surface area contributed by atoms with E-state index >= 15 is 0 Å². The van der Waals surface area contributed by atoms with E-state index in [1.165, 1.54) is 0 Å². The Bertz CT molecular complexity index is 542. The molecule has 20 heavy (non-hydrogen) atoms. The number of amides is 1. The molecule has 0 saturated heterocycles. The molecule has 1 aromatic heterocycles. The summed E-state index contributed by atoms with van der Waals surface area (Å²) in [5, 5.41) is 9.62. The van der Waals surface area contributed by atoms with Crippen molar-refractivity contribution in [3.8, 4) is 11.3 Å². The standard InChI is InChI=1S/C14H17N3O2.ClH/c1-10(15-2)9-16-14(18)12-8-13(19-17-12)11-6-4-3-5-7-11;/h3-8,10,15H,9H2,1-2H3,(H,16,18);1H. The van der Waals surface area contributed by atoms with Gasteiger partial charge >= 0.3 is 0 Å². The summed E-state index contributed by atoms with van der Waals surface area (Å²) >= 11 is 0. The molecule has 1 atom stereocenters. The molecule has 2 rings (SSSR count). The highest BCUT2D eigenvalue weighted by Crippen LogP contribution is 2.19. The second-order valence-corrected chi connectivity index (χ2v) is 4.34. The first-order valence-electron chi connectivity index (χ1n) is 6.18. The molecular weight excluding hydrogens is 278 g/mol. The average molecular weight is 296 g/mol. The van der Waals surface area contributed by atoms with E-state index in [9.17, 15) is 4.79 Å². The molecule has 1 aromatic carbocycles. The highest BCUT2D eigenvalue weighted by atomic mass is 35.5. The Labute approximate surface area is 124 Å². The van der Waals surface area contributed by atoms with Gasteiger partial charge in [0.1, 0.15) is 0 Å². The minimum Gasteiger partial charge on any atom is -0.355 e. The van der Waals surface area contributed by atoms with Crippen molar-refractivity contribution in [2.24, 2.45) is 0 Å². The van der Waals surface area contributed by atoms with E-state index < -0.39 is 0 Å². The summed E-state index contributed by atoms with van der Waals surface area (Å²) in [4.78, 5) is 11.8. The topological polar surface area (TPSA) is 67.2 Å². The predicted molar refractivity (Wildman–Crippen MR) is 80.0 cm³/mol. The van der Waals surface area contributed by atoms with E-state index in [-0.39, 0.29) is 24.4 Å². The highest BCUT2D eigenvalue weighted by Gasteiger charge is 2.13. The number of hydrogen-bond donors (Lipinski definition) is 2. The van der Waals surface area contributed by atoms with Crippen molar-refractivity contribution in [3.63, 3.8) is 0 Å². The molecule has 5 nitrogen and oxygen atoms in total. The fourth-order valence-electron chi connectivity index (χ4n) is 1.56. The molecule has 108 valence electrons. The second-order valence-electron chi connectivity index (χ2n) is 4.34. The first kappa shape index (κ1) is 16.2. The molecule has 2 aromatic rings. The Morgan fingerprint density at radius 3 is 2.70 bits per heavy atom. The van der Waals surface area contributed by atoms with Crippen LogP contribution in [-0.4, -0.2) is 30.7 Å². The van der Waals surface area contributed by atoms with Crippen molar-refractivity contribution < 1.29 is 9.32 Å². The summed E-state index contributed by atoms with van der Waals surface area (Å²) in [6, 6.07) is 11.4. The van der Waals surface area contributed by atoms with Gasteiger partial charge in [-0.2, -0.15) is 0 Å². The summed E-state index contributed by atoms with van der Waals surface area (Å²) in [6.45, 7) is 2.53. The van der Waals surface area contributed by atoms with Gasteiger partial charge < -0.3 is 15.2 Å². The van der Waals surface area contributed by atoms with Crippen LogP contribution >= 0.6 is 12.4 Å². The van der Waals surface area contributed by atoms with Crippen LogP contribution in [0.3, 0.4) is 0 Å². The lowest BCUT2D eigenvalue weighted by Crippen LogP contribution is -2.37. The van der Waals surface area contributed by atoms with E-state index in [4.69, 9.17) is 4.52 Å². The number of halogens is 1. The first-order chi connectivity index (χ1) is 9.20. The third-order valence-corrected chi connectivity index (χ3v) is 2.86. The number of aromatic nitrogens is 1. The lowest BCUT2D eigenvalue weighted by atomic mass is 10.1. The largest absolute Gasteiger partial charge is 0.355 e. The molecule has 0 aliphatic heterocycles. The van der Waals surface area contributed by atoms with Gasteiger partial charge in [0.2, 0.25) is 0 Å². The lowest BCUT2D eigenvalue weighted by molar-refractivity contribution is 0.0941. The Kier molecular flexibility index (Phi) is 6.21. The SMILES string of the molecule is CNC(C)CNC(=O)c1cc(-c2ccccc2)on1.Cl. The normalized spacial score (nSPS) is 11.5. The summed E-state index contributed by atoms with van der Waals surface area (Å²) in [7, 11) is 1.85. The number of nitrogens with zero attached hydrogens (tertiary/aromatic N) is 1. The summed E-state index contributed by atoms with van der Waals surface area (Å²) < 4.78 is 5.18. The minimum absolute atomic E-state index is 0. The molecule has 6 heteroatoms. The van der Waals surface area contributed by atoms with Crippen LogP contribution in [0.25, 0.3) is 11.3 Å².